The maximum Gasteiger partial charge on any atom is 0.134 e. The molecule has 0 radical (unpaired) electrons. The highest BCUT2D eigenvalue weighted by Crippen LogP contribution is 2.29. The average Bonchev–Trinajstić information content (AvgIpc) is 2.94. The summed E-state index contributed by atoms with van der Waals surface area (Å²) in [6.07, 6.45) is 1.30. The fourth-order valence-corrected chi connectivity index (χ4v) is 2.39. The number of hydrogen-bond donors (Lipinski definition) is 1. The van der Waals surface area contributed by atoms with Crippen LogP contribution >= 0.6 is 11.6 Å². The highest BCUT2D eigenvalue weighted by molar-refractivity contribution is 6.31. The molecule has 2 rings (SSSR count). The van der Waals surface area contributed by atoms with Crippen molar-refractivity contribution in [3.05, 3.63) is 46.7 Å². The Labute approximate surface area is 137 Å². The fraction of sp³-hybridized carbons (Fsp3) is 0.444. The van der Waals surface area contributed by atoms with Crippen LogP contribution in [0.5, 0.6) is 0 Å². The largest absolute Gasteiger partial charge is 0.460 e. The summed E-state index contributed by atoms with van der Waals surface area (Å²) in [4.78, 5) is 0. The molecule has 0 unspecified atom stereocenters. The first-order valence-corrected chi connectivity index (χ1v) is 8.12. The summed E-state index contributed by atoms with van der Waals surface area (Å²) in [6.45, 7) is 8.54. The second-order valence-corrected chi connectivity index (χ2v) is 6.04. The van der Waals surface area contributed by atoms with E-state index in [4.69, 9.17) is 20.8 Å². The molecule has 0 saturated carbocycles. The fourth-order valence-electron chi connectivity index (χ4n) is 2.22. The molecule has 4 heteroatoms. The van der Waals surface area contributed by atoms with E-state index in [0.29, 0.717) is 6.10 Å². The Morgan fingerprint density at radius 1 is 1.23 bits per heavy atom. The Kier molecular flexibility index (Phi) is 6.49. The number of furan rings is 1. The first-order valence-electron chi connectivity index (χ1n) is 7.74. The SMILES string of the molecule is Cc1c(Cl)cccc1-c1ccc(CNCCCOC(C)C)o1. The van der Waals surface area contributed by atoms with Gasteiger partial charge in [-0.05, 0) is 57.5 Å². The van der Waals surface area contributed by atoms with Crippen molar-refractivity contribution in [1.29, 1.82) is 0 Å². The standard InChI is InChI=1S/C18H24ClNO2/c1-13(2)21-11-5-10-20-12-15-8-9-18(22-15)16-6-4-7-17(19)14(16)3/h4,6-9,13,20H,5,10-12H2,1-3H3. The van der Waals surface area contributed by atoms with Crippen LogP contribution in [-0.2, 0) is 11.3 Å². The summed E-state index contributed by atoms with van der Waals surface area (Å²) in [6, 6.07) is 9.87. The molecule has 0 aliphatic rings. The Morgan fingerprint density at radius 2 is 2.05 bits per heavy atom. The number of halogens is 1. The maximum atomic E-state index is 6.16. The van der Waals surface area contributed by atoms with Gasteiger partial charge < -0.3 is 14.5 Å². The number of nitrogens with one attached hydrogen (secondary N) is 1. The van der Waals surface area contributed by atoms with Crippen molar-refractivity contribution in [2.45, 2.75) is 39.8 Å². The van der Waals surface area contributed by atoms with E-state index in [1.165, 1.54) is 0 Å². The Hall–Kier alpha value is -1.29. The van der Waals surface area contributed by atoms with E-state index in [1.807, 2.05) is 37.3 Å². The number of hydrogen-bond acceptors (Lipinski definition) is 3. The molecule has 0 fully saturated rings. The van der Waals surface area contributed by atoms with Crippen molar-refractivity contribution >= 4 is 11.6 Å². The van der Waals surface area contributed by atoms with Gasteiger partial charge in [0.1, 0.15) is 11.5 Å². The van der Waals surface area contributed by atoms with Gasteiger partial charge in [-0.1, -0.05) is 23.7 Å². The second kappa shape index (κ2) is 8.37. The molecule has 0 aliphatic carbocycles. The lowest BCUT2D eigenvalue weighted by Gasteiger charge is -2.07. The highest BCUT2D eigenvalue weighted by atomic mass is 35.5. The molecule has 0 atom stereocenters. The third kappa shape index (κ3) is 4.87. The van der Waals surface area contributed by atoms with Gasteiger partial charge >= 0.3 is 0 Å². The summed E-state index contributed by atoms with van der Waals surface area (Å²) in [7, 11) is 0. The van der Waals surface area contributed by atoms with Crippen LogP contribution in [0.2, 0.25) is 5.02 Å². The van der Waals surface area contributed by atoms with E-state index >= 15 is 0 Å². The van der Waals surface area contributed by atoms with Crippen molar-refractivity contribution in [3.8, 4) is 11.3 Å². The molecule has 0 bridgehead atoms. The minimum absolute atomic E-state index is 0.300. The predicted octanol–water partition coefficient (Wildman–Crippen LogP) is 4.81. The molecule has 1 heterocycles. The summed E-state index contributed by atoms with van der Waals surface area (Å²) in [5.74, 6) is 1.79. The minimum Gasteiger partial charge on any atom is -0.460 e. The molecule has 3 nitrogen and oxygen atoms in total. The molecule has 0 spiro atoms. The van der Waals surface area contributed by atoms with E-state index in [1.54, 1.807) is 0 Å². The zero-order valence-corrected chi connectivity index (χ0v) is 14.2. The molecule has 1 aromatic carbocycles. The van der Waals surface area contributed by atoms with Gasteiger partial charge in [0.05, 0.1) is 12.6 Å². The van der Waals surface area contributed by atoms with E-state index in [-0.39, 0.29) is 0 Å². The molecular formula is C18H24ClNO2. The smallest absolute Gasteiger partial charge is 0.134 e. The van der Waals surface area contributed by atoms with Gasteiger partial charge in [-0.2, -0.15) is 0 Å². The molecular weight excluding hydrogens is 298 g/mol. The topological polar surface area (TPSA) is 34.4 Å². The van der Waals surface area contributed by atoms with Crippen LogP contribution in [0.4, 0.5) is 0 Å². The van der Waals surface area contributed by atoms with Gasteiger partial charge in [0, 0.05) is 17.2 Å². The highest BCUT2D eigenvalue weighted by Gasteiger charge is 2.09. The van der Waals surface area contributed by atoms with E-state index in [9.17, 15) is 0 Å². The van der Waals surface area contributed by atoms with Gasteiger partial charge in [0.2, 0.25) is 0 Å². The van der Waals surface area contributed by atoms with Gasteiger partial charge in [0.25, 0.3) is 0 Å². The summed E-state index contributed by atoms with van der Waals surface area (Å²) in [5.41, 5.74) is 2.09. The van der Waals surface area contributed by atoms with E-state index < -0.39 is 0 Å². The minimum atomic E-state index is 0.300. The van der Waals surface area contributed by atoms with Crippen molar-refractivity contribution in [1.82, 2.24) is 5.32 Å². The zero-order valence-electron chi connectivity index (χ0n) is 13.5. The van der Waals surface area contributed by atoms with Crippen LogP contribution in [-0.4, -0.2) is 19.3 Å². The summed E-state index contributed by atoms with van der Waals surface area (Å²) >= 11 is 6.16. The van der Waals surface area contributed by atoms with Crippen LogP contribution in [0.15, 0.2) is 34.7 Å². The molecule has 1 N–H and O–H groups in total. The Balaban J connectivity index is 1.83. The lowest BCUT2D eigenvalue weighted by atomic mass is 10.1. The lowest BCUT2D eigenvalue weighted by molar-refractivity contribution is 0.0770. The van der Waals surface area contributed by atoms with Gasteiger partial charge in [-0.3, -0.25) is 0 Å². The van der Waals surface area contributed by atoms with E-state index in [0.717, 1.165) is 53.8 Å². The Morgan fingerprint density at radius 3 is 2.82 bits per heavy atom. The van der Waals surface area contributed by atoms with Gasteiger partial charge in [-0.25, -0.2) is 0 Å². The van der Waals surface area contributed by atoms with Crippen molar-refractivity contribution in [3.63, 3.8) is 0 Å². The first kappa shape index (κ1) is 17.1. The average molecular weight is 322 g/mol. The molecule has 1 aromatic heterocycles. The second-order valence-electron chi connectivity index (χ2n) is 5.63. The van der Waals surface area contributed by atoms with Crippen LogP contribution < -0.4 is 5.32 Å². The number of benzene rings is 1. The van der Waals surface area contributed by atoms with Gasteiger partial charge in [0.15, 0.2) is 0 Å². The van der Waals surface area contributed by atoms with Crippen LogP contribution in [0, 0.1) is 6.92 Å². The monoisotopic (exact) mass is 321 g/mol. The maximum absolute atomic E-state index is 6.16. The van der Waals surface area contributed by atoms with Crippen LogP contribution in [0.3, 0.4) is 0 Å². The molecule has 0 saturated heterocycles. The molecule has 0 amide bonds. The summed E-state index contributed by atoms with van der Waals surface area (Å²) in [5, 5.41) is 4.13. The third-order valence-corrected chi connectivity index (χ3v) is 3.85. The number of rotatable bonds is 8. The van der Waals surface area contributed by atoms with Crippen LogP contribution in [0.1, 0.15) is 31.6 Å². The predicted molar refractivity (Wildman–Crippen MR) is 91.3 cm³/mol. The van der Waals surface area contributed by atoms with Crippen molar-refractivity contribution < 1.29 is 9.15 Å². The summed E-state index contributed by atoms with van der Waals surface area (Å²) < 4.78 is 11.4. The van der Waals surface area contributed by atoms with Crippen LogP contribution in [0.25, 0.3) is 11.3 Å². The molecule has 0 aliphatic heterocycles. The first-order chi connectivity index (χ1) is 10.6. The Bertz CT molecular complexity index is 593. The zero-order chi connectivity index (χ0) is 15.9. The van der Waals surface area contributed by atoms with Gasteiger partial charge in [-0.15, -0.1) is 0 Å². The molecule has 22 heavy (non-hydrogen) atoms. The van der Waals surface area contributed by atoms with Crippen molar-refractivity contribution in [2.75, 3.05) is 13.2 Å². The van der Waals surface area contributed by atoms with Crippen molar-refractivity contribution in [2.24, 2.45) is 0 Å². The third-order valence-electron chi connectivity index (χ3n) is 3.44. The number of ether oxygens (including phenoxy) is 1. The molecule has 2 aromatic rings. The van der Waals surface area contributed by atoms with E-state index in [2.05, 4.69) is 19.2 Å². The lowest BCUT2D eigenvalue weighted by Crippen LogP contribution is -2.17. The normalized spacial score (nSPS) is 11.3. The molecule has 120 valence electrons. The quantitative estimate of drug-likeness (QED) is 0.708.